The Balaban J connectivity index is 1.57. The molecule has 0 aliphatic carbocycles. The van der Waals surface area contributed by atoms with E-state index in [4.69, 9.17) is 18.9 Å². The summed E-state index contributed by atoms with van der Waals surface area (Å²) < 4.78 is 22.9. The maximum absolute atomic E-state index is 13.4. The first kappa shape index (κ1) is 92.3. The summed E-state index contributed by atoms with van der Waals surface area (Å²) in [5.74, 6) is -0.234. The third-order valence-electron chi connectivity index (χ3n) is 19.8. The maximum atomic E-state index is 13.4. The second kappa shape index (κ2) is 68.3. The lowest BCUT2D eigenvalue weighted by Gasteiger charge is -2.46. The summed E-state index contributed by atoms with van der Waals surface area (Å²) in [6.07, 6.45) is 79.6. The molecule has 12 unspecified atom stereocenters. The monoisotopic (exact) mass is 1400 g/mol. The van der Waals surface area contributed by atoms with Crippen LogP contribution in [0.5, 0.6) is 0 Å². The number of amides is 1. The summed E-state index contributed by atoms with van der Waals surface area (Å²) in [6, 6.07) is -0.918. The van der Waals surface area contributed by atoms with E-state index in [9.17, 15) is 45.6 Å². The molecule has 2 fully saturated rings. The van der Waals surface area contributed by atoms with Crippen molar-refractivity contribution in [3.05, 3.63) is 85.1 Å². The van der Waals surface area contributed by atoms with Crippen LogP contribution < -0.4 is 5.32 Å². The van der Waals surface area contributed by atoms with Gasteiger partial charge in [0.2, 0.25) is 5.91 Å². The van der Waals surface area contributed by atoms with Crippen LogP contribution in [-0.2, 0) is 23.7 Å². The molecule has 9 N–H and O–H groups in total. The number of ether oxygens (including phenoxy) is 4. The molecule has 1 amide bonds. The summed E-state index contributed by atoms with van der Waals surface area (Å²) in [7, 11) is 0. The van der Waals surface area contributed by atoms with Crippen molar-refractivity contribution in [3.63, 3.8) is 0 Å². The van der Waals surface area contributed by atoms with E-state index in [0.717, 1.165) is 77.0 Å². The Morgan fingerprint density at radius 1 is 0.374 bits per heavy atom. The molecule has 2 rings (SSSR count). The molecule has 0 spiro atoms. The number of allylic oxidation sites excluding steroid dienone is 13. The molecule has 14 heteroatoms. The summed E-state index contributed by atoms with van der Waals surface area (Å²) in [4.78, 5) is 13.4. The minimum absolute atomic E-state index is 0.234. The molecule has 0 saturated carbocycles. The van der Waals surface area contributed by atoms with Gasteiger partial charge in [-0.15, -0.1) is 0 Å². The zero-order valence-corrected chi connectivity index (χ0v) is 63.2. The molecular weight excluding hydrogens is 1240 g/mol. The van der Waals surface area contributed by atoms with Crippen molar-refractivity contribution in [2.75, 3.05) is 19.8 Å². The topological polar surface area (TPSA) is 228 Å². The number of nitrogens with one attached hydrogen (secondary N) is 1. The molecule has 14 nitrogen and oxygen atoms in total. The molecule has 99 heavy (non-hydrogen) atoms. The first-order valence-electron chi connectivity index (χ1n) is 41.3. The molecule has 2 aliphatic heterocycles. The average Bonchev–Trinajstić information content (AvgIpc) is 0.799. The maximum Gasteiger partial charge on any atom is 0.220 e. The number of hydrogen-bond donors (Lipinski definition) is 9. The summed E-state index contributed by atoms with van der Waals surface area (Å²) in [5.41, 5.74) is 0. The molecule has 0 bridgehead atoms. The van der Waals surface area contributed by atoms with E-state index < -0.39 is 86.8 Å². The zero-order chi connectivity index (χ0) is 71.5. The second-order valence-corrected chi connectivity index (χ2v) is 28.9. The molecular formula is C85H153NO13. The van der Waals surface area contributed by atoms with Crippen LogP contribution in [0.3, 0.4) is 0 Å². The molecule has 2 saturated heterocycles. The first-order chi connectivity index (χ1) is 48.6. The van der Waals surface area contributed by atoms with Gasteiger partial charge in [-0.05, 0) is 70.6 Å². The van der Waals surface area contributed by atoms with Gasteiger partial charge in [0.05, 0.1) is 32.0 Å². The van der Waals surface area contributed by atoms with Crippen molar-refractivity contribution in [2.24, 2.45) is 0 Å². The van der Waals surface area contributed by atoms with Crippen LogP contribution in [0.25, 0.3) is 0 Å². The first-order valence-corrected chi connectivity index (χ1v) is 41.3. The quantitative estimate of drug-likeness (QED) is 0.0204. The highest BCUT2D eigenvalue weighted by molar-refractivity contribution is 5.76. The van der Waals surface area contributed by atoms with Gasteiger partial charge < -0.3 is 65.1 Å². The van der Waals surface area contributed by atoms with Crippen molar-refractivity contribution >= 4 is 5.91 Å². The molecule has 2 heterocycles. The summed E-state index contributed by atoms with van der Waals surface area (Å²) >= 11 is 0. The highest BCUT2D eigenvalue weighted by atomic mass is 16.7. The van der Waals surface area contributed by atoms with Crippen LogP contribution in [0.1, 0.15) is 354 Å². The van der Waals surface area contributed by atoms with E-state index in [0.29, 0.717) is 6.42 Å². The molecule has 2 aliphatic rings. The number of aliphatic hydroxyl groups excluding tert-OH is 8. The number of hydrogen-bond acceptors (Lipinski definition) is 13. The Bertz CT molecular complexity index is 1990. The van der Waals surface area contributed by atoms with Gasteiger partial charge >= 0.3 is 0 Å². The van der Waals surface area contributed by atoms with Crippen molar-refractivity contribution in [1.82, 2.24) is 5.32 Å². The van der Waals surface area contributed by atoms with Gasteiger partial charge in [-0.1, -0.05) is 362 Å². The van der Waals surface area contributed by atoms with Gasteiger partial charge in [0.25, 0.3) is 0 Å². The number of carbonyl (C=O) groups is 1. The van der Waals surface area contributed by atoms with Crippen LogP contribution in [0.15, 0.2) is 85.1 Å². The average molecular weight is 1400 g/mol. The van der Waals surface area contributed by atoms with Crippen LogP contribution in [-0.4, -0.2) is 140 Å². The lowest BCUT2D eigenvalue weighted by molar-refractivity contribution is -0.359. The van der Waals surface area contributed by atoms with Gasteiger partial charge in [0, 0.05) is 6.42 Å². The van der Waals surface area contributed by atoms with E-state index in [1.165, 1.54) is 250 Å². The van der Waals surface area contributed by atoms with E-state index >= 15 is 0 Å². The number of rotatable bonds is 69. The van der Waals surface area contributed by atoms with Gasteiger partial charge in [-0.2, -0.15) is 0 Å². The fraction of sp³-hybridized carbons (Fsp3) is 0.824. The highest BCUT2D eigenvalue weighted by Crippen LogP contribution is 2.30. The molecule has 0 aromatic heterocycles. The summed E-state index contributed by atoms with van der Waals surface area (Å²) in [5, 5.41) is 87.7. The van der Waals surface area contributed by atoms with Crippen molar-refractivity contribution in [2.45, 2.75) is 428 Å². The fourth-order valence-electron chi connectivity index (χ4n) is 13.4. The predicted octanol–water partition coefficient (Wildman–Crippen LogP) is 19.1. The van der Waals surface area contributed by atoms with Gasteiger partial charge in [-0.3, -0.25) is 4.79 Å². The molecule has 0 aromatic carbocycles. The van der Waals surface area contributed by atoms with Crippen molar-refractivity contribution in [1.29, 1.82) is 0 Å². The largest absolute Gasteiger partial charge is 0.394 e. The standard InChI is InChI=1S/C85H153NO13/c1-3-5-7-9-11-13-15-17-19-21-23-25-27-29-30-31-32-33-34-35-36-37-38-39-40-41-42-43-44-45-47-49-51-53-55-57-59-61-63-65-67-69-77(90)86-73(72-96-84-82(95)80(93)83(76(71-88)98-84)99-85-81(94)79(92)78(91)75(70-87)97-85)74(89)68-66-64-62-60-58-56-54-52-50-48-46-28-26-24-22-20-18-16-14-12-10-8-6-4-2/h5,7,11,13,17,19,23,25,29-30,32-33,66,68,73-76,78-85,87-89,91-95H,3-4,6,8-10,12,14-16,18,20-22,24,26-28,31,34-65,67,69-72H2,1-2H3,(H,86,90)/b7-5-,13-11-,19-17-,25-23-,30-29-,33-32-,68-66+. The zero-order valence-electron chi connectivity index (χ0n) is 63.2. The van der Waals surface area contributed by atoms with Crippen LogP contribution in [0.2, 0.25) is 0 Å². The lowest BCUT2D eigenvalue weighted by atomic mass is 9.97. The van der Waals surface area contributed by atoms with E-state index in [1.54, 1.807) is 6.08 Å². The van der Waals surface area contributed by atoms with Gasteiger partial charge in [0.15, 0.2) is 12.6 Å². The highest BCUT2D eigenvalue weighted by Gasteiger charge is 2.51. The normalized spacial score (nSPS) is 22.4. The van der Waals surface area contributed by atoms with Gasteiger partial charge in [0.1, 0.15) is 48.8 Å². The Hall–Kier alpha value is -2.83. The fourth-order valence-corrected chi connectivity index (χ4v) is 13.4. The van der Waals surface area contributed by atoms with Crippen molar-refractivity contribution < 1.29 is 64.6 Å². The van der Waals surface area contributed by atoms with E-state index in [-0.39, 0.29) is 18.9 Å². The SMILES string of the molecule is CC/C=C\C/C=C\C/C=C\C/C=C\C/C=C\C/C=C\CCCCCCCCCCCCCCCCCCCCCCCCC(=O)NC(COC1OC(CO)C(OC2OC(CO)C(O)C(O)C2O)C(O)C1O)C(O)/C=C/CCCCCCCCCCCCCCCCCCCCCCCC. The van der Waals surface area contributed by atoms with Crippen LogP contribution >= 0.6 is 0 Å². The molecule has 576 valence electrons. The number of carbonyl (C=O) groups excluding carboxylic acids is 1. The van der Waals surface area contributed by atoms with E-state index in [1.807, 2.05) is 6.08 Å². The number of aliphatic hydroxyl groups is 8. The van der Waals surface area contributed by atoms with Crippen molar-refractivity contribution in [3.8, 4) is 0 Å². The van der Waals surface area contributed by atoms with Crippen LogP contribution in [0, 0.1) is 0 Å². The second-order valence-electron chi connectivity index (χ2n) is 28.9. The minimum Gasteiger partial charge on any atom is -0.394 e. The Morgan fingerprint density at radius 3 is 1.07 bits per heavy atom. The molecule has 0 radical (unpaired) electrons. The Labute approximate surface area is 605 Å². The smallest absolute Gasteiger partial charge is 0.220 e. The third kappa shape index (κ3) is 51.1. The minimum atomic E-state index is -1.79. The number of unbranched alkanes of at least 4 members (excludes halogenated alkanes) is 44. The third-order valence-corrected chi connectivity index (χ3v) is 19.8. The summed E-state index contributed by atoms with van der Waals surface area (Å²) in [6.45, 7) is 2.74. The van der Waals surface area contributed by atoms with Gasteiger partial charge in [-0.25, -0.2) is 0 Å². The molecule has 0 aromatic rings. The lowest BCUT2D eigenvalue weighted by Crippen LogP contribution is -2.65. The molecule has 12 atom stereocenters. The predicted molar refractivity (Wildman–Crippen MR) is 410 cm³/mol. The van der Waals surface area contributed by atoms with E-state index in [2.05, 4.69) is 92.1 Å². The Morgan fingerprint density at radius 2 is 0.697 bits per heavy atom. The Kier molecular flexibility index (Phi) is 63.6. The van der Waals surface area contributed by atoms with Crippen LogP contribution in [0.4, 0.5) is 0 Å².